The van der Waals surface area contributed by atoms with Gasteiger partial charge in [-0.2, -0.15) is 0 Å². The van der Waals surface area contributed by atoms with Gasteiger partial charge >= 0.3 is 0 Å². The number of nitrogens with one attached hydrogen (secondary N) is 2. The van der Waals surface area contributed by atoms with E-state index in [1.807, 2.05) is 0 Å². The fourth-order valence-electron chi connectivity index (χ4n) is 1.49. The molecule has 0 saturated heterocycles. The zero-order chi connectivity index (χ0) is 12.0. The quantitative estimate of drug-likeness (QED) is 0.791. The van der Waals surface area contributed by atoms with Gasteiger partial charge in [0, 0.05) is 6.04 Å². The Labute approximate surface area is 104 Å². The highest BCUT2D eigenvalue weighted by molar-refractivity contribution is 9.10. The van der Waals surface area contributed by atoms with Crippen molar-refractivity contribution in [1.29, 1.82) is 0 Å². The summed E-state index contributed by atoms with van der Waals surface area (Å²) in [4.78, 5) is 17.9. The van der Waals surface area contributed by atoms with Gasteiger partial charge in [-0.1, -0.05) is 26.2 Å². The van der Waals surface area contributed by atoms with E-state index in [1.54, 1.807) is 0 Å². The molecule has 16 heavy (non-hydrogen) atoms. The van der Waals surface area contributed by atoms with Crippen LogP contribution in [0.1, 0.15) is 39.5 Å². The second-order valence-corrected chi connectivity index (χ2v) is 4.73. The summed E-state index contributed by atoms with van der Waals surface area (Å²) in [6.45, 7) is 4.29. The van der Waals surface area contributed by atoms with E-state index >= 15 is 0 Å². The highest BCUT2D eigenvalue weighted by atomic mass is 79.9. The van der Waals surface area contributed by atoms with E-state index < -0.39 is 0 Å². The molecule has 1 rings (SSSR count). The number of nitrogens with zero attached hydrogens (tertiary/aromatic N) is 1. The third-order valence-corrected chi connectivity index (χ3v) is 3.16. The minimum Gasteiger partial charge on any atom is -0.366 e. The van der Waals surface area contributed by atoms with Crippen molar-refractivity contribution in [2.75, 3.05) is 5.32 Å². The number of H-pyrrole nitrogens is 1. The Morgan fingerprint density at radius 2 is 2.31 bits per heavy atom. The molecular weight excluding hydrogens is 270 g/mol. The van der Waals surface area contributed by atoms with Crippen LogP contribution in [0.25, 0.3) is 0 Å². The summed E-state index contributed by atoms with van der Waals surface area (Å²) in [7, 11) is 0. The molecule has 0 aliphatic heterocycles. The molecule has 1 unspecified atom stereocenters. The Kier molecular flexibility index (Phi) is 5.52. The van der Waals surface area contributed by atoms with Crippen LogP contribution in [-0.4, -0.2) is 16.0 Å². The van der Waals surface area contributed by atoms with E-state index in [4.69, 9.17) is 0 Å². The first-order valence-corrected chi connectivity index (χ1v) is 6.44. The molecule has 4 nitrogen and oxygen atoms in total. The van der Waals surface area contributed by atoms with Crippen molar-refractivity contribution in [2.24, 2.45) is 0 Å². The van der Waals surface area contributed by atoms with Crippen molar-refractivity contribution < 1.29 is 0 Å². The fourth-order valence-corrected chi connectivity index (χ4v) is 1.82. The number of rotatable bonds is 6. The Hall–Kier alpha value is -0.840. The SMILES string of the molecule is CCCCCC(C)Nc1nc[nH]c(=O)c1Br. The molecule has 0 aliphatic carbocycles. The van der Waals surface area contributed by atoms with Crippen LogP contribution in [0.15, 0.2) is 15.6 Å². The first-order valence-electron chi connectivity index (χ1n) is 5.64. The van der Waals surface area contributed by atoms with Crippen LogP contribution in [0.4, 0.5) is 5.82 Å². The van der Waals surface area contributed by atoms with Gasteiger partial charge in [0.25, 0.3) is 5.56 Å². The normalized spacial score (nSPS) is 12.4. The summed E-state index contributed by atoms with van der Waals surface area (Å²) in [6.07, 6.45) is 6.17. The second-order valence-electron chi connectivity index (χ2n) is 3.94. The molecule has 90 valence electrons. The first kappa shape index (κ1) is 13.2. The molecule has 0 radical (unpaired) electrons. The molecular formula is C11H18BrN3O. The zero-order valence-electron chi connectivity index (χ0n) is 9.72. The molecule has 0 aliphatic rings. The number of unbranched alkanes of at least 4 members (excludes halogenated alkanes) is 2. The molecule has 0 bridgehead atoms. The van der Waals surface area contributed by atoms with E-state index in [0.29, 0.717) is 16.3 Å². The van der Waals surface area contributed by atoms with Crippen LogP contribution >= 0.6 is 15.9 Å². The molecule has 0 amide bonds. The standard InChI is InChI=1S/C11H18BrN3O/c1-3-4-5-6-8(2)15-10-9(12)11(16)14-7-13-10/h7-8H,3-6H2,1-2H3,(H2,13,14,15,16). The number of aromatic amines is 1. The van der Waals surface area contributed by atoms with Crippen molar-refractivity contribution >= 4 is 21.7 Å². The van der Waals surface area contributed by atoms with Gasteiger partial charge in [-0.25, -0.2) is 4.98 Å². The predicted octanol–water partition coefficient (Wildman–Crippen LogP) is 2.91. The molecule has 1 aromatic rings. The van der Waals surface area contributed by atoms with Crippen LogP contribution in [-0.2, 0) is 0 Å². The Morgan fingerprint density at radius 1 is 1.56 bits per heavy atom. The largest absolute Gasteiger partial charge is 0.366 e. The van der Waals surface area contributed by atoms with Crippen LogP contribution in [0.3, 0.4) is 0 Å². The maximum atomic E-state index is 11.3. The van der Waals surface area contributed by atoms with Crippen LogP contribution in [0.5, 0.6) is 0 Å². The zero-order valence-corrected chi connectivity index (χ0v) is 11.3. The topological polar surface area (TPSA) is 57.8 Å². The lowest BCUT2D eigenvalue weighted by molar-refractivity contribution is 0.613. The van der Waals surface area contributed by atoms with E-state index in [-0.39, 0.29) is 5.56 Å². The third kappa shape index (κ3) is 3.96. The average molecular weight is 288 g/mol. The summed E-state index contributed by atoms with van der Waals surface area (Å²) in [5, 5.41) is 3.23. The lowest BCUT2D eigenvalue weighted by Gasteiger charge is -2.14. The molecule has 5 heteroatoms. The maximum absolute atomic E-state index is 11.3. The lowest BCUT2D eigenvalue weighted by Crippen LogP contribution is -2.19. The Bertz CT molecular complexity index is 378. The molecule has 1 aromatic heterocycles. The summed E-state index contributed by atoms with van der Waals surface area (Å²) in [6, 6.07) is 0.331. The summed E-state index contributed by atoms with van der Waals surface area (Å²) in [5.74, 6) is 0.618. The van der Waals surface area contributed by atoms with Gasteiger partial charge in [-0.05, 0) is 29.3 Å². The van der Waals surface area contributed by atoms with Crippen molar-refractivity contribution in [3.05, 3.63) is 21.2 Å². The van der Waals surface area contributed by atoms with Crippen LogP contribution in [0.2, 0.25) is 0 Å². The van der Waals surface area contributed by atoms with E-state index in [1.165, 1.54) is 25.6 Å². The maximum Gasteiger partial charge on any atom is 0.267 e. The van der Waals surface area contributed by atoms with Crippen molar-refractivity contribution in [2.45, 2.75) is 45.6 Å². The van der Waals surface area contributed by atoms with Crippen LogP contribution < -0.4 is 10.9 Å². The first-order chi connectivity index (χ1) is 7.65. The second kappa shape index (κ2) is 6.68. The number of halogens is 1. The predicted molar refractivity (Wildman–Crippen MR) is 69.8 cm³/mol. The van der Waals surface area contributed by atoms with Crippen LogP contribution in [0, 0.1) is 0 Å². The Balaban J connectivity index is 2.52. The van der Waals surface area contributed by atoms with Gasteiger partial charge in [0.05, 0.1) is 6.33 Å². The number of anilines is 1. The van der Waals surface area contributed by atoms with Gasteiger partial charge in [0.1, 0.15) is 10.3 Å². The smallest absolute Gasteiger partial charge is 0.267 e. The monoisotopic (exact) mass is 287 g/mol. The highest BCUT2D eigenvalue weighted by Gasteiger charge is 2.08. The Morgan fingerprint density at radius 3 is 3.00 bits per heavy atom. The van der Waals surface area contributed by atoms with Gasteiger partial charge in [-0.3, -0.25) is 4.79 Å². The summed E-state index contributed by atoms with van der Waals surface area (Å²) < 4.78 is 0.470. The van der Waals surface area contributed by atoms with Gasteiger partial charge in [-0.15, -0.1) is 0 Å². The van der Waals surface area contributed by atoms with Gasteiger partial charge in [0.15, 0.2) is 0 Å². The van der Waals surface area contributed by atoms with E-state index in [0.717, 1.165) is 6.42 Å². The molecule has 1 heterocycles. The minimum atomic E-state index is -0.154. The van der Waals surface area contributed by atoms with Gasteiger partial charge < -0.3 is 10.3 Å². The number of hydrogen-bond donors (Lipinski definition) is 2. The molecule has 0 spiro atoms. The number of aromatic nitrogens is 2. The molecule has 0 saturated carbocycles. The van der Waals surface area contributed by atoms with E-state index in [9.17, 15) is 4.79 Å². The van der Waals surface area contributed by atoms with Gasteiger partial charge in [0.2, 0.25) is 0 Å². The summed E-state index contributed by atoms with van der Waals surface area (Å²) >= 11 is 3.22. The molecule has 1 atom stereocenters. The average Bonchev–Trinajstić information content (AvgIpc) is 2.25. The minimum absolute atomic E-state index is 0.154. The molecule has 2 N–H and O–H groups in total. The molecule has 0 fully saturated rings. The van der Waals surface area contributed by atoms with Crippen molar-refractivity contribution in [3.8, 4) is 0 Å². The fraction of sp³-hybridized carbons (Fsp3) is 0.636. The third-order valence-electron chi connectivity index (χ3n) is 2.42. The summed E-state index contributed by atoms with van der Waals surface area (Å²) in [5.41, 5.74) is -0.154. The number of hydrogen-bond acceptors (Lipinski definition) is 3. The van der Waals surface area contributed by atoms with Crippen molar-refractivity contribution in [1.82, 2.24) is 9.97 Å². The molecule has 0 aromatic carbocycles. The lowest BCUT2D eigenvalue weighted by atomic mass is 10.1. The van der Waals surface area contributed by atoms with Crippen molar-refractivity contribution in [3.63, 3.8) is 0 Å². The van der Waals surface area contributed by atoms with E-state index in [2.05, 4.69) is 45.1 Å². The highest BCUT2D eigenvalue weighted by Crippen LogP contribution is 2.16.